The molecule has 11 nitrogen and oxygen atoms in total. The van der Waals surface area contributed by atoms with Crippen LogP contribution in [0.4, 0.5) is 17.6 Å². The van der Waals surface area contributed by atoms with Gasteiger partial charge in [-0.15, -0.1) is 0 Å². The summed E-state index contributed by atoms with van der Waals surface area (Å²) in [7, 11) is 0. The average Bonchev–Trinajstić information content (AvgIpc) is 3.50. The van der Waals surface area contributed by atoms with Gasteiger partial charge in [-0.2, -0.15) is 9.97 Å². The normalized spacial score (nSPS) is 14.9. The summed E-state index contributed by atoms with van der Waals surface area (Å²) in [4.78, 5) is 32.7. The lowest BCUT2D eigenvalue weighted by Gasteiger charge is -2.31. The van der Waals surface area contributed by atoms with Crippen LogP contribution >= 0.6 is 0 Å². The fourth-order valence-corrected chi connectivity index (χ4v) is 4.50. The van der Waals surface area contributed by atoms with Crippen LogP contribution in [0.1, 0.15) is 54.8 Å². The van der Waals surface area contributed by atoms with E-state index < -0.39 is 11.6 Å². The van der Waals surface area contributed by atoms with Crippen LogP contribution in [0.25, 0.3) is 11.5 Å². The van der Waals surface area contributed by atoms with E-state index >= 15 is 0 Å². The molecular weight excluding hydrogens is 472 g/mol. The predicted molar refractivity (Wildman–Crippen MR) is 137 cm³/mol. The SMILES string of the molecule is CCCN1C(=O)c2ccc(Nc3ncc(-c4ncno4)c(N[C@H](CO)c4ccccc4)n3)nc2C1(C)C. The van der Waals surface area contributed by atoms with E-state index in [1.165, 1.54) is 6.33 Å². The minimum absolute atomic E-state index is 0.0106. The number of hydrogen-bond acceptors (Lipinski definition) is 10. The maximum atomic E-state index is 12.9. The number of nitrogens with one attached hydrogen (secondary N) is 2. The van der Waals surface area contributed by atoms with E-state index in [1.807, 2.05) is 56.0 Å². The molecule has 0 spiro atoms. The highest BCUT2D eigenvalue weighted by Crippen LogP contribution is 2.38. The number of aliphatic hydroxyl groups is 1. The van der Waals surface area contributed by atoms with Crippen LogP contribution < -0.4 is 10.6 Å². The highest BCUT2D eigenvalue weighted by Gasteiger charge is 2.43. The number of aliphatic hydroxyl groups excluding tert-OH is 1. The maximum absolute atomic E-state index is 12.9. The monoisotopic (exact) mass is 500 g/mol. The summed E-state index contributed by atoms with van der Waals surface area (Å²) >= 11 is 0. The summed E-state index contributed by atoms with van der Waals surface area (Å²) in [5.41, 5.74) is 2.16. The van der Waals surface area contributed by atoms with Crippen molar-refractivity contribution >= 4 is 23.5 Å². The van der Waals surface area contributed by atoms with Crippen LogP contribution in [0.5, 0.6) is 0 Å². The molecule has 4 aromatic rings. The van der Waals surface area contributed by atoms with Crippen LogP contribution in [-0.4, -0.2) is 54.2 Å². The third kappa shape index (κ3) is 4.60. The number of nitrogens with zero attached hydrogens (tertiary/aromatic N) is 6. The number of amides is 1. The molecule has 3 N–H and O–H groups in total. The van der Waals surface area contributed by atoms with Gasteiger partial charge in [-0.1, -0.05) is 42.4 Å². The zero-order chi connectivity index (χ0) is 26.0. The highest BCUT2D eigenvalue weighted by molar-refractivity contribution is 5.99. The zero-order valence-corrected chi connectivity index (χ0v) is 20.8. The van der Waals surface area contributed by atoms with Gasteiger partial charge >= 0.3 is 0 Å². The molecule has 1 amide bonds. The van der Waals surface area contributed by atoms with E-state index in [2.05, 4.69) is 30.7 Å². The van der Waals surface area contributed by atoms with Gasteiger partial charge in [-0.05, 0) is 38.0 Å². The van der Waals surface area contributed by atoms with Crippen LogP contribution in [-0.2, 0) is 5.54 Å². The number of pyridine rings is 1. The fraction of sp³-hybridized carbons (Fsp3) is 0.308. The first-order valence-corrected chi connectivity index (χ1v) is 12.1. The molecule has 5 rings (SSSR count). The lowest BCUT2D eigenvalue weighted by molar-refractivity contribution is 0.0615. The lowest BCUT2D eigenvalue weighted by atomic mass is 9.99. The largest absolute Gasteiger partial charge is 0.394 e. The van der Waals surface area contributed by atoms with Gasteiger partial charge < -0.3 is 25.2 Å². The smallest absolute Gasteiger partial charge is 0.262 e. The summed E-state index contributed by atoms with van der Waals surface area (Å²) in [6.07, 6.45) is 3.72. The van der Waals surface area contributed by atoms with Crippen molar-refractivity contribution in [2.24, 2.45) is 0 Å². The molecule has 37 heavy (non-hydrogen) atoms. The van der Waals surface area contributed by atoms with Crippen molar-refractivity contribution in [2.75, 3.05) is 23.8 Å². The Hall–Kier alpha value is -4.38. The summed E-state index contributed by atoms with van der Waals surface area (Å²) in [5.74, 6) is 1.41. The number of benzene rings is 1. The maximum Gasteiger partial charge on any atom is 0.262 e. The minimum atomic E-state index is -0.528. The van der Waals surface area contributed by atoms with Gasteiger partial charge in [0.25, 0.3) is 11.8 Å². The van der Waals surface area contributed by atoms with E-state index in [4.69, 9.17) is 9.51 Å². The van der Waals surface area contributed by atoms with Crippen molar-refractivity contribution < 1.29 is 14.4 Å². The van der Waals surface area contributed by atoms with Crippen molar-refractivity contribution in [2.45, 2.75) is 38.8 Å². The molecule has 0 radical (unpaired) electrons. The molecule has 0 aliphatic carbocycles. The molecule has 0 saturated carbocycles. The van der Waals surface area contributed by atoms with E-state index in [0.717, 1.165) is 12.0 Å². The second-order valence-electron chi connectivity index (χ2n) is 9.23. The van der Waals surface area contributed by atoms with Crippen molar-refractivity contribution in [3.8, 4) is 11.5 Å². The molecule has 1 aromatic carbocycles. The Bertz CT molecular complexity index is 1390. The minimum Gasteiger partial charge on any atom is -0.394 e. The molecule has 3 aromatic heterocycles. The number of fused-ring (bicyclic) bond motifs is 1. The Morgan fingerprint density at radius 3 is 2.59 bits per heavy atom. The van der Waals surface area contributed by atoms with E-state index in [1.54, 1.807) is 18.3 Å². The first kappa shape index (κ1) is 24.3. The second-order valence-corrected chi connectivity index (χ2v) is 9.23. The molecule has 190 valence electrons. The molecular formula is C26H28N8O3. The van der Waals surface area contributed by atoms with Gasteiger partial charge in [0, 0.05) is 12.7 Å². The summed E-state index contributed by atoms with van der Waals surface area (Å²) in [6, 6.07) is 12.6. The Balaban J connectivity index is 1.47. The van der Waals surface area contributed by atoms with Gasteiger partial charge in [0.15, 0.2) is 6.33 Å². The van der Waals surface area contributed by atoms with Gasteiger partial charge in [0.05, 0.1) is 29.4 Å². The summed E-state index contributed by atoms with van der Waals surface area (Å²) < 4.78 is 5.24. The van der Waals surface area contributed by atoms with Crippen molar-refractivity contribution in [1.29, 1.82) is 0 Å². The van der Waals surface area contributed by atoms with E-state index in [-0.39, 0.29) is 24.4 Å². The van der Waals surface area contributed by atoms with Gasteiger partial charge in [-0.25, -0.2) is 9.97 Å². The molecule has 4 heterocycles. The van der Waals surface area contributed by atoms with Crippen molar-refractivity contribution in [3.63, 3.8) is 0 Å². The summed E-state index contributed by atoms with van der Waals surface area (Å²) in [6.45, 7) is 6.54. The Morgan fingerprint density at radius 1 is 1.08 bits per heavy atom. The lowest BCUT2D eigenvalue weighted by Crippen LogP contribution is -2.39. The average molecular weight is 501 g/mol. The molecule has 1 aliphatic rings. The van der Waals surface area contributed by atoms with E-state index in [0.29, 0.717) is 35.0 Å². The Morgan fingerprint density at radius 2 is 1.89 bits per heavy atom. The predicted octanol–water partition coefficient (Wildman–Crippen LogP) is 3.91. The third-order valence-corrected chi connectivity index (χ3v) is 6.39. The topological polar surface area (TPSA) is 142 Å². The molecule has 0 saturated heterocycles. The molecule has 0 unspecified atom stereocenters. The van der Waals surface area contributed by atoms with Crippen LogP contribution in [0.2, 0.25) is 0 Å². The number of carbonyl (C=O) groups is 1. The van der Waals surface area contributed by atoms with Crippen LogP contribution in [0, 0.1) is 0 Å². The van der Waals surface area contributed by atoms with Crippen LogP contribution in [0.3, 0.4) is 0 Å². The number of hydrogen-bond donors (Lipinski definition) is 3. The fourth-order valence-electron chi connectivity index (χ4n) is 4.50. The molecule has 0 bridgehead atoms. The van der Waals surface area contributed by atoms with Gasteiger partial charge in [-0.3, -0.25) is 4.79 Å². The van der Waals surface area contributed by atoms with Gasteiger partial charge in [0.1, 0.15) is 17.2 Å². The zero-order valence-electron chi connectivity index (χ0n) is 20.8. The standard InChI is InChI=1S/C26H28N8O3/c1-4-12-34-24(36)17-10-11-20(31-21(17)26(34,2)3)32-25-27-13-18(23-28-15-29-37-23)22(33-25)30-19(14-35)16-8-6-5-7-9-16/h5-11,13,15,19,35H,4,12,14H2,1-3H3,(H2,27,30,31,32,33)/t19-/m1/s1. The van der Waals surface area contributed by atoms with Crippen molar-refractivity contribution in [3.05, 3.63) is 71.8 Å². The Labute approximate surface area is 214 Å². The number of anilines is 3. The quantitative estimate of drug-likeness (QED) is 0.309. The van der Waals surface area contributed by atoms with E-state index in [9.17, 15) is 9.90 Å². The first-order chi connectivity index (χ1) is 17.9. The van der Waals surface area contributed by atoms with Gasteiger partial charge in [0.2, 0.25) is 5.95 Å². The second kappa shape index (κ2) is 9.94. The summed E-state index contributed by atoms with van der Waals surface area (Å²) in [5, 5.41) is 20.2. The molecule has 0 fully saturated rings. The molecule has 11 heteroatoms. The highest BCUT2D eigenvalue weighted by atomic mass is 16.5. The number of rotatable bonds is 9. The number of aromatic nitrogens is 5. The number of carbonyl (C=O) groups excluding carboxylic acids is 1. The Kier molecular flexibility index (Phi) is 6.53. The van der Waals surface area contributed by atoms with Crippen LogP contribution in [0.15, 0.2) is 59.5 Å². The third-order valence-electron chi connectivity index (χ3n) is 6.39. The van der Waals surface area contributed by atoms with Crippen molar-refractivity contribution in [1.82, 2.24) is 30.0 Å². The molecule has 1 aliphatic heterocycles. The molecule has 1 atom stereocenters. The first-order valence-electron chi connectivity index (χ1n) is 12.1.